The van der Waals surface area contributed by atoms with Gasteiger partial charge in [0.05, 0.1) is 17.1 Å². The van der Waals surface area contributed by atoms with Gasteiger partial charge < -0.3 is 26.2 Å². The van der Waals surface area contributed by atoms with Crippen molar-refractivity contribution in [3.8, 4) is 0 Å². The smallest absolute Gasteiger partial charge is 0.418 e. The van der Waals surface area contributed by atoms with Crippen LogP contribution in [0, 0.1) is 0 Å². The third-order valence-electron chi connectivity index (χ3n) is 4.15. The number of fused-ring (bicyclic) bond motifs is 1. The number of benzene rings is 1. The van der Waals surface area contributed by atoms with E-state index in [-0.39, 0.29) is 35.7 Å². The van der Waals surface area contributed by atoms with Gasteiger partial charge in [-0.2, -0.15) is 13.2 Å². The van der Waals surface area contributed by atoms with Crippen molar-refractivity contribution in [2.24, 2.45) is 5.73 Å². The minimum atomic E-state index is -4.58. The Morgan fingerprint density at radius 3 is 2.46 bits per heavy atom. The molecule has 1 aromatic carbocycles. The Hall–Kier alpha value is -3.08. The molecule has 1 heterocycles. The van der Waals surface area contributed by atoms with Gasteiger partial charge in [-0.3, -0.25) is 9.59 Å². The van der Waals surface area contributed by atoms with Gasteiger partial charge in [-0.25, -0.2) is 4.79 Å². The molecule has 2 rings (SSSR count). The zero-order valence-corrected chi connectivity index (χ0v) is 14.4. The zero-order chi connectivity index (χ0) is 21.1. The predicted molar refractivity (Wildman–Crippen MR) is 91.4 cm³/mol. The number of H-pyrrole nitrogens is 1. The molecule has 0 fully saturated rings. The van der Waals surface area contributed by atoms with Crippen LogP contribution in [0.15, 0.2) is 24.4 Å². The topological polar surface area (TPSA) is 146 Å². The second-order valence-electron chi connectivity index (χ2n) is 6.18. The molecule has 0 aliphatic carbocycles. The SMILES string of the molecule is NC(CCC(=O)O)C(=O)NC(Cc1c[nH]c2c(C(F)(F)F)cccc12)C(=O)O. The summed E-state index contributed by atoms with van der Waals surface area (Å²) in [4.78, 5) is 36.5. The molecule has 2 atom stereocenters. The number of carbonyl (C=O) groups excluding carboxylic acids is 1. The summed E-state index contributed by atoms with van der Waals surface area (Å²) < 4.78 is 39.2. The number of amides is 1. The van der Waals surface area contributed by atoms with Crippen molar-refractivity contribution >= 4 is 28.7 Å². The highest BCUT2D eigenvalue weighted by Gasteiger charge is 2.33. The molecule has 6 N–H and O–H groups in total. The second-order valence-corrected chi connectivity index (χ2v) is 6.18. The predicted octanol–water partition coefficient (Wildman–Crippen LogP) is 1.49. The number of alkyl halides is 3. The molecule has 152 valence electrons. The molecule has 2 aromatic rings. The van der Waals surface area contributed by atoms with Crippen molar-refractivity contribution in [3.63, 3.8) is 0 Å². The monoisotopic (exact) mass is 401 g/mol. The molecule has 1 amide bonds. The van der Waals surface area contributed by atoms with Gasteiger partial charge in [-0.05, 0) is 18.1 Å². The minimum absolute atomic E-state index is 0.182. The van der Waals surface area contributed by atoms with Gasteiger partial charge in [0.15, 0.2) is 0 Å². The molecular weight excluding hydrogens is 383 g/mol. The number of para-hydroxylation sites is 1. The number of halogens is 3. The minimum Gasteiger partial charge on any atom is -0.481 e. The number of nitrogens with one attached hydrogen (secondary N) is 2. The molecule has 11 heteroatoms. The van der Waals surface area contributed by atoms with Crippen LogP contribution < -0.4 is 11.1 Å². The van der Waals surface area contributed by atoms with Crippen LogP contribution in [0.25, 0.3) is 10.9 Å². The van der Waals surface area contributed by atoms with Crippen LogP contribution in [-0.4, -0.2) is 45.1 Å². The number of rotatable bonds is 8. The fraction of sp³-hybridized carbons (Fsp3) is 0.353. The molecule has 1 aromatic heterocycles. The molecule has 0 saturated carbocycles. The number of aromatic amines is 1. The first-order valence-electron chi connectivity index (χ1n) is 8.17. The van der Waals surface area contributed by atoms with E-state index in [1.165, 1.54) is 18.3 Å². The maximum Gasteiger partial charge on any atom is 0.418 e. The van der Waals surface area contributed by atoms with Gasteiger partial charge in [0.25, 0.3) is 0 Å². The molecule has 0 saturated heterocycles. The van der Waals surface area contributed by atoms with Crippen LogP contribution >= 0.6 is 0 Å². The van der Waals surface area contributed by atoms with Gasteiger partial charge in [-0.15, -0.1) is 0 Å². The summed E-state index contributed by atoms with van der Waals surface area (Å²) in [5, 5.41) is 20.3. The van der Waals surface area contributed by atoms with E-state index in [1.807, 2.05) is 0 Å². The van der Waals surface area contributed by atoms with Crippen molar-refractivity contribution in [2.75, 3.05) is 0 Å². The van der Waals surface area contributed by atoms with Gasteiger partial charge in [-0.1, -0.05) is 12.1 Å². The van der Waals surface area contributed by atoms with Crippen LogP contribution in [0.2, 0.25) is 0 Å². The highest BCUT2D eigenvalue weighted by molar-refractivity contribution is 5.89. The first-order chi connectivity index (χ1) is 13.0. The number of carboxylic acid groups (broad SMARTS) is 2. The largest absolute Gasteiger partial charge is 0.481 e. The van der Waals surface area contributed by atoms with E-state index >= 15 is 0 Å². The highest BCUT2D eigenvalue weighted by atomic mass is 19.4. The van der Waals surface area contributed by atoms with Crippen molar-refractivity contribution in [3.05, 3.63) is 35.5 Å². The number of hydrogen-bond donors (Lipinski definition) is 5. The van der Waals surface area contributed by atoms with Crippen LogP contribution in [0.4, 0.5) is 13.2 Å². The second kappa shape index (κ2) is 8.30. The van der Waals surface area contributed by atoms with Crippen molar-refractivity contribution in [2.45, 2.75) is 37.5 Å². The van der Waals surface area contributed by atoms with Gasteiger partial charge in [0, 0.05) is 24.4 Å². The summed E-state index contributed by atoms with van der Waals surface area (Å²) in [7, 11) is 0. The fourth-order valence-corrected chi connectivity index (χ4v) is 2.73. The van der Waals surface area contributed by atoms with E-state index in [2.05, 4.69) is 10.3 Å². The van der Waals surface area contributed by atoms with Crippen LogP contribution in [-0.2, 0) is 27.0 Å². The van der Waals surface area contributed by atoms with E-state index in [0.717, 1.165) is 6.07 Å². The molecule has 0 aliphatic heterocycles. The number of carbonyl (C=O) groups is 3. The molecule has 8 nitrogen and oxygen atoms in total. The van der Waals surface area contributed by atoms with Gasteiger partial charge in [0.1, 0.15) is 6.04 Å². The van der Waals surface area contributed by atoms with Gasteiger partial charge in [0.2, 0.25) is 5.91 Å². The number of aromatic nitrogens is 1. The Balaban J connectivity index is 2.20. The molecule has 0 bridgehead atoms. The molecule has 2 unspecified atom stereocenters. The van der Waals surface area contributed by atoms with E-state index in [1.54, 1.807) is 0 Å². The maximum absolute atomic E-state index is 13.1. The van der Waals surface area contributed by atoms with Gasteiger partial charge >= 0.3 is 18.1 Å². The summed E-state index contributed by atoms with van der Waals surface area (Å²) in [6.45, 7) is 0. The summed E-state index contributed by atoms with van der Waals surface area (Å²) >= 11 is 0. The first kappa shape index (κ1) is 21.2. The Kier molecular flexibility index (Phi) is 6.29. The average molecular weight is 401 g/mol. The lowest BCUT2D eigenvalue weighted by molar-refractivity contribution is -0.142. The van der Waals surface area contributed by atoms with Crippen LogP contribution in [0.3, 0.4) is 0 Å². The van der Waals surface area contributed by atoms with Crippen molar-refractivity contribution in [1.29, 1.82) is 0 Å². The summed E-state index contributed by atoms with van der Waals surface area (Å²) in [6, 6.07) is 0.851. The first-order valence-corrected chi connectivity index (χ1v) is 8.17. The summed E-state index contributed by atoms with van der Waals surface area (Å²) in [5.74, 6) is -3.41. The maximum atomic E-state index is 13.1. The number of carboxylic acids is 2. The van der Waals surface area contributed by atoms with Crippen molar-refractivity contribution < 1.29 is 37.8 Å². The van der Waals surface area contributed by atoms with E-state index in [0.29, 0.717) is 0 Å². The molecule has 28 heavy (non-hydrogen) atoms. The van der Waals surface area contributed by atoms with E-state index < -0.39 is 41.7 Å². The number of hydrogen-bond acceptors (Lipinski definition) is 4. The third kappa shape index (κ3) is 5.00. The fourth-order valence-electron chi connectivity index (χ4n) is 2.73. The number of nitrogens with two attached hydrogens (primary N) is 1. The summed E-state index contributed by atoms with van der Waals surface area (Å²) in [5.41, 5.74) is 4.75. The third-order valence-corrected chi connectivity index (χ3v) is 4.15. The van der Waals surface area contributed by atoms with E-state index in [4.69, 9.17) is 10.8 Å². The Morgan fingerprint density at radius 2 is 1.89 bits per heavy atom. The van der Waals surface area contributed by atoms with Crippen molar-refractivity contribution in [1.82, 2.24) is 10.3 Å². The summed E-state index contributed by atoms with van der Waals surface area (Å²) in [6.07, 6.45) is -4.16. The quantitative estimate of drug-likeness (QED) is 0.453. The lowest BCUT2D eigenvalue weighted by atomic mass is 10.0. The zero-order valence-electron chi connectivity index (χ0n) is 14.4. The molecule has 0 spiro atoms. The standard InChI is InChI=1S/C17H18F3N3O5/c18-17(19,20)10-3-1-2-9-8(7-22-14(9)10)6-12(16(27)28)23-15(26)11(21)4-5-13(24)25/h1-3,7,11-12,22H,4-6,21H2,(H,23,26)(H,24,25)(H,27,28). The highest BCUT2D eigenvalue weighted by Crippen LogP contribution is 2.35. The Bertz CT molecular complexity index is 894. The van der Waals surface area contributed by atoms with Crippen LogP contribution in [0.1, 0.15) is 24.0 Å². The lowest BCUT2D eigenvalue weighted by Gasteiger charge is -2.17. The molecule has 0 radical (unpaired) electrons. The normalized spacial score (nSPS) is 13.9. The van der Waals surface area contributed by atoms with Crippen LogP contribution in [0.5, 0.6) is 0 Å². The molecule has 0 aliphatic rings. The Morgan fingerprint density at radius 1 is 1.21 bits per heavy atom. The lowest BCUT2D eigenvalue weighted by Crippen LogP contribution is -2.49. The Labute approximate surface area is 156 Å². The molecular formula is C17H18F3N3O5. The average Bonchev–Trinajstić information content (AvgIpc) is 3.00. The van der Waals surface area contributed by atoms with E-state index in [9.17, 15) is 32.7 Å². The number of aliphatic carboxylic acids is 2.